The monoisotopic (exact) mass is 100 g/mol. The first kappa shape index (κ1) is 3.26. The molecule has 0 saturated carbocycles. The van der Waals surface area contributed by atoms with Gasteiger partial charge in [0, 0.05) is 0 Å². The topological polar surface area (TPSA) is 60.3 Å². The zero-order valence-electron chi connectivity index (χ0n) is 3.47. The molecule has 0 aromatic carbocycles. The van der Waals surface area contributed by atoms with Crippen LogP contribution in [-0.4, -0.2) is 18.5 Å². The van der Waals surface area contributed by atoms with Crippen molar-refractivity contribution in [3.8, 4) is 0 Å². The Morgan fingerprint density at radius 2 is 2.57 bits per heavy atom. The van der Waals surface area contributed by atoms with E-state index in [1.165, 1.54) is 0 Å². The van der Waals surface area contributed by atoms with Gasteiger partial charge < -0.3 is 10.1 Å². The van der Waals surface area contributed by atoms with Crippen LogP contribution in [0, 0.1) is 0 Å². The number of carbonyl (C=O) groups is 1. The van der Waals surface area contributed by atoms with Gasteiger partial charge in [0.25, 0.3) is 0 Å². The molecular weight excluding hydrogens is 96.0 g/mol. The Morgan fingerprint density at radius 1 is 1.71 bits per heavy atom. The lowest BCUT2D eigenvalue weighted by Crippen LogP contribution is -2.23. The maximum absolute atomic E-state index is 10.1. The van der Waals surface area contributed by atoms with Crippen LogP contribution in [0.2, 0.25) is 0 Å². The van der Waals surface area contributed by atoms with E-state index in [1.807, 2.05) is 0 Å². The minimum atomic E-state index is -0.311. The fourth-order valence-corrected chi connectivity index (χ4v) is 0.617. The largest absolute Gasteiger partial charge is 0.427 e. The predicted molar refractivity (Wildman–Crippen MR) is 20.3 cm³/mol. The molecule has 2 fully saturated rings. The van der Waals surface area contributed by atoms with Crippen molar-refractivity contribution in [3.63, 3.8) is 0 Å². The molecule has 0 spiro atoms. The smallest absolute Gasteiger partial charge is 0.410 e. The van der Waals surface area contributed by atoms with Gasteiger partial charge in [-0.2, -0.15) is 0 Å². The van der Waals surface area contributed by atoms with Gasteiger partial charge in [0.2, 0.25) is 0 Å². The first-order valence-electron chi connectivity index (χ1n) is 2.09. The van der Waals surface area contributed by atoms with Gasteiger partial charge in [-0.05, 0) is 0 Å². The van der Waals surface area contributed by atoms with Crippen LogP contribution < -0.4 is 10.6 Å². The quantitative estimate of drug-likeness (QED) is 0.383. The van der Waals surface area contributed by atoms with Gasteiger partial charge in [0.15, 0.2) is 6.23 Å². The summed E-state index contributed by atoms with van der Waals surface area (Å²) in [5, 5.41) is 5.36. The third-order valence-corrected chi connectivity index (χ3v) is 1.04. The standard InChI is InChI=1S/C3H4N2O2/c6-3-5-1-2(4-1)7-3/h1-2,4H,(H,5,6). The van der Waals surface area contributed by atoms with Crippen molar-refractivity contribution >= 4 is 6.09 Å². The van der Waals surface area contributed by atoms with E-state index in [9.17, 15) is 4.79 Å². The second kappa shape index (κ2) is 0.742. The summed E-state index contributed by atoms with van der Waals surface area (Å²) in [6.07, 6.45) is -0.214. The molecule has 4 heteroatoms. The summed E-state index contributed by atoms with van der Waals surface area (Å²) in [6, 6.07) is 0. The highest BCUT2D eigenvalue weighted by molar-refractivity contribution is 5.71. The number of amides is 1. The highest BCUT2D eigenvalue weighted by Crippen LogP contribution is 2.15. The van der Waals surface area contributed by atoms with E-state index in [4.69, 9.17) is 0 Å². The highest BCUT2D eigenvalue weighted by Gasteiger charge is 2.47. The molecule has 0 radical (unpaired) electrons. The third kappa shape index (κ3) is 0.312. The molecule has 0 bridgehead atoms. The average Bonchev–Trinajstić information content (AvgIpc) is 2.15. The Morgan fingerprint density at radius 3 is 2.86 bits per heavy atom. The molecule has 0 aromatic heterocycles. The maximum Gasteiger partial charge on any atom is 0.410 e. The molecule has 2 atom stereocenters. The van der Waals surface area contributed by atoms with Crippen LogP contribution in [0.15, 0.2) is 0 Å². The summed E-state index contributed by atoms with van der Waals surface area (Å²) in [5.41, 5.74) is 0. The van der Waals surface area contributed by atoms with Crippen molar-refractivity contribution in [2.24, 2.45) is 0 Å². The number of alkyl carbamates (subject to hydrolysis) is 1. The molecule has 2 heterocycles. The molecule has 4 nitrogen and oxygen atoms in total. The number of rotatable bonds is 0. The van der Waals surface area contributed by atoms with Crippen LogP contribution >= 0.6 is 0 Å². The van der Waals surface area contributed by atoms with E-state index in [2.05, 4.69) is 15.4 Å². The van der Waals surface area contributed by atoms with Crippen molar-refractivity contribution in [1.29, 1.82) is 0 Å². The number of hydrogen-bond donors (Lipinski definition) is 2. The number of carbonyl (C=O) groups excluding carboxylic acids is 1. The number of fused-ring (bicyclic) bond motifs is 1. The van der Waals surface area contributed by atoms with E-state index >= 15 is 0 Å². The van der Waals surface area contributed by atoms with Crippen molar-refractivity contribution in [2.45, 2.75) is 12.4 Å². The summed E-state index contributed by atoms with van der Waals surface area (Å²) in [6.45, 7) is 0. The average molecular weight is 100 g/mol. The summed E-state index contributed by atoms with van der Waals surface area (Å²) in [4.78, 5) is 10.1. The number of nitrogens with one attached hydrogen (secondary N) is 2. The summed E-state index contributed by atoms with van der Waals surface area (Å²) in [7, 11) is 0. The SMILES string of the molecule is O=C1NC2NC2O1. The van der Waals surface area contributed by atoms with Crippen molar-refractivity contribution < 1.29 is 9.53 Å². The molecule has 2 aliphatic heterocycles. The normalized spacial score (nSPS) is 44.3. The molecule has 2 rings (SSSR count). The molecule has 0 aromatic rings. The van der Waals surface area contributed by atoms with Gasteiger partial charge in [-0.3, -0.25) is 5.32 Å². The molecular formula is C3H4N2O2. The molecule has 7 heavy (non-hydrogen) atoms. The van der Waals surface area contributed by atoms with Crippen LogP contribution in [0.4, 0.5) is 4.79 Å². The minimum absolute atomic E-state index is 0.0208. The van der Waals surface area contributed by atoms with Crippen LogP contribution in [0.25, 0.3) is 0 Å². The van der Waals surface area contributed by atoms with E-state index < -0.39 is 0 Å². The predicted octanol–water partition coefficient (Wildman–Crippen LogP) is -1.02. The van der Waals surface area contributed by atoms with E-state index in [1.54, 1.807) is 0 Å². The number of hydrogen-bond acceptors (Lipinski definition) is 3. The Bertz CT molecular complexity index is 112. The summed E-state index contributed by atoms with van der Waals surface area (Å²) in [5.74, 6) is 0. The molecule has 0 aliphatic carbocycles. The molecule has 2 aliphatic rings. The van der Waals surface area contributed by atoms with Gasteiger partial charge in [0.05, 0.1) is 0 Å². The fourth-order valence-electron chi connectivity index (χ4n) is 0.617. The third-order valence-electron chi connectivity index (χ3n) is 1.04. The second-order valence-electron chi connectivity index (χ2n) is 1.61. The Labute approximate surface area is 39.8 Å². The lowest BCUT2D eigenvalue weighted by atomic mass is 10.7. The van der Waals surface area contributed by atoms with Crippen LogP contribution in [0.1, 0.15) is 0 Å². The maximum atomic E-state index is 10.1. The van der Waals surface area contributed by atoms with Crippen LogP contribution in [0.5, 0.6) is 0 Å². The molecule has 2 saturated heterocycles. The van der Waals surface area contributed by atoms with Crippen molar-refractivity contribution in [1.82, 2.24) is 10.6 Å². The zero-order chi connectivity index (χ0) is 4.85. The molecule has 1 amide bonds. The molecule has 2 N–H and O–H groups in total. The van der Waals surface area contributed by atoms with Gasteiger partial charge in [-0.15, -0.1) is 0 Å². The Kier molecular flexibility index (Phi) is 0.346. The van der Waals surface area contributed by atoms with Crippen molar-refractivity contribution in [2.75, 3.05) is 0 Å². The zero-order valence-corrected chi connectivity index (χ0v) is 3.47. The first-order valence-corrected chi connectivity index (χ1v) is 2.09. The van der Waals surface area contributed by atoms with Gasteiger partial charge in [-0.1, -0.05) is 0 Å². The van der Waals surface area contributed by atoms with Crippen LogP contribution in [0.3, 0.4) is 0 Å². The second-order valence-corrected chi connectivity index (χ2v) is 1.61. The summed E-state index contributed by atoms with van der Waals surface area (Å²) >= 11 is 0. The minimum Gasteiger partial charge on any atom is -0.427 e. The summed E-state index contributed by atoms with van der Waals surface area (Å²) < 4.78 is 4.57. The van der Waals surface area contributed by atoms with Crippen LogP contribution in [-0.2, 0) is 4.74 Å². The Balaban J connectivity index is 2.14. The lowest BCUT2D eigenvalue weighted by molar-refractivity contribution is 0.156. The van der Waals surface area contributed by atoms with E-state index in [0.29, 0.717) is 0 Å². The Hall–Kier alpha value is -0.770. The number of ether oxygens (including phenoxy) is 1. The van der Waals surface area contributed by atoms with Gasteiger partial charge in [0.1, 0.15) is 6.17 Å². The van der Waals surface area contributed by atoms with Gasteiger partial charge >= 0.3 is 6.09 Å². The molecule has 38 valence electrons. The lowest BCUT2D eigenvalue weighted by Gasteiger charge is -1.90. The van der Waals surface area contributed by atoms with E-state index in [0.717, 1.165) is 0 Å². The molecule has 2 unspecified atom stereocenters. The van der Waals surface area contributed by atoms with E-state index in [-0.39, 0.29) is 18.5 Å². The first-order chi connectivity index (χ1) is 3.36. The fraction of sp³-hybridized carbons (Fsp3) is 0.667. The highest BCUT2D eigenvalue weighted by atomic mass is 16.6. The van der Waals surface area contributed by atoms with Gasteiger partial charge in [-0.25, -0.2) is 4.79 Å². The van der Waals surface area contributed by atoms with Crippen molar-refractivity contribution in [3.05, 3.63) is 0 Å².